The van der Waals surface area contributed by atoms with Crippen LogP contribution in [0, 0.1) is 0 Å². The predicted molar refractivity (Wildman–Crippen MR) is 140 cm³/mol. The van der Waals surface area contributed by atoms with Crippen LogP contribution in [0.2, 0.25) is 0 Å². The monoisotopic (exact) mass is 446 g/mol. The van der Waals surface area contributed by atoms with Gasteiger partial charge in [0.2, 0.25) is 0 Å². The molecule has 0 bridgehead atoms. The summed E-state index contributed by atoms with van der Waals surface area (Å²) in [6.45, 7) is 0. The Hall–Kier alpha value is -4.57. The van der Waals surface area contributed by atoms with E-state index in [1.165, 1.54) is 50.0 Å². The van der Waals surface area contributed by atoms with Gasteiger partial charge in [-0.3, -0.25) is 14.4 Å². The average Bonchev–Trinajstić information content (AvgIpc) is 3.59. The highest BCUT2D eigenvalue weighted by atomic mass is 15.0. The number of benzene rings is 3. The average molecular weight is 447 g/mol. The maximum absolute atomic E-state index is 5.16. The standard InChI is InChI=1S/C31H18N4/c1-2-5-20-17(4-1)14-18-7-9-21-23(27(18)20)15-19-8-10-25-30(28(19)21)35-26-6-3-12-33-29(26)24-16-32-13-11-22(24)31(35)34-25/h1-13,16H,14-15H2. The van der Waals surface area contributed by atoms with E-state index in [-0.39, 0.29) is 0 Å². The Bertz CT molecular complexity index is 2070. The van der Waals surface area contributed by atoms with E-state index < -0.39 is 0 Å². The van der Waals surface area contributed by atoms with Crippen LogP contribution in [0.15, 0.2) is 85.3 Å². The van der Waals surface area contributed by atoms with Gasteiger partial charge in [0.25, 0.3) is 0 Å². The summed E-state index contributed by atoms with van der Waals surface area (Å²) >= 11 is 0. The topological polar surface area (TPSA) is 43.1 Å². The van der Waals surface area contributed by atoms with Crippen LogP contribution in [0.1, 0.15) is 22.3 Å². The van der Waals surface area contributed by atoms with Crippen molar-refractivity contribution in [3.8, 4) is 22.3 Å². The molecule has 4 heterocycles. The minimum atomic E-state index is 0.957. The van der Waals surface area contributed by atoms with Crippen molar-refractivity contribution in [2.24, 2.45) is 0 Å². The quantitative estimate of drug-likeness (QED) is 0.243. The maximum atomic E-state index is 5.16. The van der Waals surface area contributed by atoms with Gasteiger partial charge in [-0.1, -0.05) is 42.5 Å². The second-order valence-corrected chi connectivity index (χ2v) is 9.67. The van der Waals surface area contributed by atoms with Crippen LogP contribution in [0.5, 0.6) is 0 Å². The molecule has 0 spiro atoms. The summed E-state index contributed by atoms with van der Waals surface area (Å²) in [6, 6.07) is 24.2. The first kappa shape index (κ1) is 17.8. The molecule has 4 heteroatoms. The zero-order valence-electron chi connectivity index (χ0n) is 18.8. The molecular weight excluding hydrogens is 428 g/mol. The van der Waals surface area contributed by atoms with E-state index in [2.05, 4.69) is 70.0 Å². The van der Waals surface area contributed by atoms with E-state index in [1.54, 1.807) is 0 Å². The molecule has 162 valence electrons. The van der Waals surface area contributed by atoms with Gasteiger partial charge >= 0.3 is 0 Å². The van der Waals surface area contributed by atoms with E-state index in [9.17, 15) is 0 Å². The first-order valence-corrected chi connectivity index (χ1v) is 12.0. The Morgan fingerprint density at radius 3 is 2.60 bits per heavy atom. The van der Waals surface area contributed by atoms with Crippen molar-refractivity contribution in [1.82, 2.24) is 19.4 Å². The van der Waals surface area contributed by atoms with E-state index in [0.29, 0.717) is 0 Å². The molecule has 35 heavy (non-hydrogen) atoms. The Balaban J connectivity index is 1.47. The van der Waals surface area contributed by atoms with Crippen LogP contribution >= 0.6 is 0 Å². The molecule has 0 amide bonds. The lowest BCUT2D eigenvalue weighted by Gasteiger charge is -2.11. The first-order valence-electron chi connectivity index (χ1n) is 12.0. The SMILES string of the molecule is c1ccc2c(c1)Cc1ccc3c(c1-2)Cc1ccc2nc4c5ccncc5c5ncccc5n4c2c1-3. The zero-order chi connectivity index (χ0) is 22.7. The van der Waals surface area contributed by atoms with Crippen molar-refractivity contribution in [1.29, 1.82) is 0 Å². The third-order valence-corrected chi connectivity index (χ3v) is 7.95. The molecule has 0 unspecified atom stereocenters. The normalized spacial score (nSPS) is 13.5. The third kappa shape index (κ3) is 2.11. The molecule has 2 aliphatic rings. The summed E-state index contributed by atoms with van der Waals surface area (Å²) in [5.41, 5.74) is 16.4. The second kappa shape index (κ2) is 6.10. The lowest BCUT2D eigenvalue weighted by atomic mass is 9.95. The number of hydrogen-bond donors (Lipinski definition) is 0. The van der Waals surface area contributed by atoms with Crippen LogP contribution in [-0.2, 0) is 12.8 Å². The van der Waals surface area contributed by atoms with E-state index in [4.69, 9.17) is 9.97 Å². The van der Waals surface area contributed by atoms with Crippen molar-refractivity contribution >= 4 is 38.5 Å². The molecule has 4 aromatic heterocycles. The Kier molecular flexibility index (Phi) is 3.11. The fourth-order valence-corrected chi connectivity index (χ4v) is 6.55. The predicted octanol–water partition coefficient (Wildman–Crippen LogP) is 6.73. The maximum Gasteiger partial charge on any atom is 0.146 e. The summed E-state index contributed by atoms with van der Waals surface area (Å²) in [5.74, 6) is 0. The highest BCUT2D eigenvalue weighted by Gasteiger charge is 2.30. The smallest absolute Gasteiger partial charge is 0.146 e. The minimum Gasteiger partial charge on any atom is -0.289 e. The molecule has 4 nitrogen and oxygen atoms in total. The van der Waals surface area contributed by atoms with Crippen LogP contribution in [0.3, 0.4) is 0 Å². The molecule has 9 rings (SSSR count). The minimum absolute atomic E-state index is 0.957. The molecule has 2 aliphatic carbocycles. The third-order valence-electron chi connectivity index (χ3n) is 7.95. The van der Waals surface area contributed by atoms with Gasteiger partial charge < -0.3 is 0 Å². The number of fused-ring (bicyclic) bond motifs is 16. The van der Waals surface area contributed by atoms with E-state index in [1.807, 2.05) is 24.7 Å². The lowest BCUT2D eigenvalue weighted by molar-refractivity contribution is 1.23. The zero-order valence-corrected chi connectivity index (χ0v) is 18.8. The fourth-order valence-electron chi connectivity index (χ4n) is 6.55. The fraction of sp³-hybridized carbons (Fsp3) is 0.0645. The summed E-state index contributed by atoms with van der Waals surface area (Å²) < 4.78 is 2.33. The number of pyridine rings is 3. The van der Waals surface area contributed by atoms with Crippen molar-refractivity contribution in [2.75, 3.05) is 0 Å². The molecule has 0 atom stereocenters. The Labute approximate surface area is 200 Å². The van der Waals surface area contributed by atoms with Gasteiger partial charge in [-0.05, 0) is 76.1 Å². The Morgan fingerprint density at radius 1 is 0.686 bits per heavy atom. The molecule has 0 radical (unpaired) electrons. The van der Waals surface area contributed by atoms with Crippen molar-refractivity contribution in [2.45, 2.75) is 12.8 Å². The van der Waals surface area contributed by atoms with Gasteiger partial charge in [-0.2, -0.15) is 0 Å². The van der Waals surface area contributed by atoms with Gasteiger partial charge in [-0.15, -0.1) is 0 Å². The summed E-state index contributed by atoms with van der Waals surface area (Å²) in [6.07, 6.45) is 7.59. The van der Waals surface area contributed by atoms with Crippen LogP contribution in [0.25, 0.3) is 60.7 Å². The van der Waals surface area contributed by atoms with Gasteiger partial charge in [-0.25, -0.2) is 4.98 Å². The van der Waals surface area contributed by atoms with Crippen LogP contribution in [-0.4, -0.2) is 19.4 Å². The Morgan fingerprint density at radius 2 is 1.60 bits per heavy atom. The van der Waals surface area contributed by atoms with E-state index in [0.717, 1.165) is 45.8 Å². The number of rotatable bonds is 0. The van der Waals surface area contributed by atoms with E-state index >= 15 is 0 Å². The molecule has 7 aromatic rings. The molecule has 0 aliphatic heterocycles. The number of imidazole rings is 1. The molecule has 0 saturated heterocycles. The second-order valence-electron chi connectivity index (χ2n) is 9.67. The van der Waals surface area contributed by atoms with Crippen LogP contribution < -0.4 is 0 Å². The van der Waals surface area contributed by atoms with Gasteiger partial charge in [0.15, 0.2) is 0 Å². The van der Waals surface area contributed by atoms with Crippen molar-refractivity contribution < 1.29 is 0 Å². The summed E-state index contributed by atoms with van der Waals surface area (Å²) in [5, 5.41) is 2.12. The molecule has 3 aromatic carbocycles. The number of aromatic nitrogens is 4. The molecule has 0 N–H and O–H groups in total. The van der Waals surface area contributed by atoms with Gasteiger partial charge in [0.05, 0.1) is 22.1 Å². The highest BCUT2D eigenvalue weighted by Crippen LogP contribution is 2.49. The molecular formula is C31H18N4. The van der Waals surface area contributed by atoms with Gasteiger partial charge in [0.1, 0.15) is 5.65 Å². The molecule has 0 saturated carbocycles. The number of hydrogen-bond acceptors (Lipinski definition) is 3. The highest BCUT2D eigenvalue weighted by molar-refractivity contribution is 6.14. The van der Waals surface area contributed by atoms with Crippen LogP contribution in [0.4, 0.5) is 0 Å². The van der Waals surface area contributed by atoms with Crippen molar-refractivity contribution in [3.63, 3.8) is 0 Å². The van der Waals surface area contributed by atoms with Crippen molar-refractivity contribution in [3.05, 3.63) is 108 Å². The largest absolute Gasteiger partial charge is 0.289 e. The number of nitrogens with zero attached hydrogens (tertiary/aromatic N) is 4. The molecule has 0 fully saturated rings. The summed E-state index contributed by atoms with van der Waals surface area (Å²) in [7, 11) is 0. The lowest BCUT2D eigenvalue weighted by Crippen LogP contribution is -1.94. The van der Waals surface area contributed by atoms with Gasteiger partial charge in [0, 0.05) is 34.9 Å². The first-order chi connectivity index (χ1) is 17.4. The summed E-state index contributed by atoms with van der Waals surface area (Å²) in [4.78, 5) is 14.3.